The molecule has 1 saturated heterocycles. The number of fused-ring (bicyclic) bond motifs is 1. The van der Waals surface area contributed by atoms with Crippen molar-refractivity contribution in [2.45, 2.75) is 131 Å². The van der Waals surface area contributed by atoms with Gasteiger partial charge in [0.05, 0.1) is 46.7 Å². The van der Waals surface area contributed by atoms with Crippen molar-refractivity contribution >= 4 is 59.4 Å². The highest BCUT2D eigenvalue weighted by Gasteiger charge is 2.27. The molecule has 16 heteroatoms. The van der Waals surface area contributed by atoms with Gasteiger partial charge in [-0.3, -0.25) is 19.1 Å². The maximum Gasteiger partial charge on any atom is 0.264 e. The smallest absolute Gasteiger partial charge is 0.264 e. The van der Waals surface area contributed by atoms with Crippen molar-refractivity contribution in [2.24, 2.45) is 5.92 Å². The summed E-state index contributed by atoms with van der Waals surface area (Å²) in [5, 5.41) is 19.1. The average molecular weight is 1040 g/mol. The monoisotopic (exact) mass is 1040 g/mol. The number of aromatic nitrogens is 3. The Morgan fingerprint density at radius 2 is 1.65 bits per heavy atom. The quantitative estimate of drug-likeness (QED) is 0.0368. The molecule has 74 heavy (non-hydrogen) atoms. The number of allylic oxidation sites excluding steroid dienone is 1. The maximum atomic E-state index is 14.6. The number of hydrogen-bond donors (Lipinski definition) is 3. The number of nitrogens with one attached hydrogen (secondary N) is 2. The van der Waals surface area contributed by atoms with E-state index in [0.29, 0.717) is 49.3 Å². The maximum absolute atomic E-state index is 14.6. The number of aliphatic hydroxyl groups excluding tert-OH is 1. The Bertz CT molecular complexity index is 2540. The van der Waals surface area contributed by atoms with Gasteiger partial charge in [-0.25, -0.2) is 13.8 Å². The van der Waals surface area contributed by atoms with Crippen LogP contribution in [0.3, 0.4) is 0 Å². The number of aryl methyl sites for hydroxylation is 3. The third-order valence-electron chi connectivity index (χ3n) is 12.5. The molecule has 1 unspecified atom stereocenters. The number of unbranched alkanes of at least 4 members (excludes halogenated alkanes) is 6. The number of thiazole rings is 1. The van der Waals surface area contributed by atoms with E-state index in [-0.39, 0.29) is 23.6 Å². The number of likely N-dealkylation sites (N-methyl/N-ethyl adjacent to an activating group) is 1. The molecule has 0 bridgehead atoms. The molecule has 5 aromatic rings. The predicted octanol–water partition coefficient (Wildman–Crippen LogP) is 11.6. The first-order chi connectivity index (χ1) is 35.5. The van der Waals surface area contributed by atoms with Crippen LogP contribution in [0.4, 0.5) is 25.8 Å². The Balaban J connectivity index is 0.000000299. The lowest BCUT2D eigenvalue weighted by Crippen LogP contribution is -2.35. The number of amides is 2. The molecule has 13 nitrogen and oxygen atoms in total. The lowest BCUT2D eigenvalue weighted by Gasteiger charge is -2.34. The van der Waals surface area contributed by atoms with Crippen LogP contribution < -0.4 is 20.4 Å². The highest BCUT2D eigenvalue weighted by molar-refractivity contribution is 7.13. The molecule has 0 saturated carbocycles. The Morgan fingerprint density at radius 3 is 2.24 bits per heavy atom. The molecule has 0 spiro atoms. The molecular weight excluding hydrogens is 959 g/mol. The van der Waals surface area contributed by atoms with Gasteiger partial charge in [-0.05, 0) is 124 Å². The number of likely N-dealkylation sites (tertiary alicyclic amines) is 1. The Hall–Kier alpha value is -6.10. The number of carbonyl (C=O) groups is 4. The van der Waals surface area contributed by atoms with Gasteiger partial charge >= 0.3 is 0 Å². The Kier molecular flexibility index (Phi) is 25.8. The molecule has 7 rings (SSSR count). The zero-order chi connectivity index (χ0) is 54.2. The predicted molar refractivity (Wildman–Crippen MR) is 298 cm³/mol. The number of aliphatic hydroxyl groups is 1. The minimum atomic E-state index is -2.64. The third-order valence-corrected chi connectivity index (χ3v) is 13.5. The Labute approximate surface area is 442 Å². The second kappa shape index (κ2) is 31.6. The Morgan fingerprint density at radius 1 is 0.946 bits per heavy atom. The number of aldehydes is 2. The first-order valence-electron chi connectivity index (χ1n) is 26.0. The van der Waals surface area contributed by atoms with Crippen LogP contribution in [-0.2, 0) is 32.1 Å². The van der Waals surface area contributed by atoms with Crippen LogP contribution in [0.2, 0.25) is 0 Å². The number of carbonyl (C=O) groups excluding carboxylic acids is 4. The SMILES string of the molecule is C/C(C=O)=C/c1c(N(C)C)cccc1N1CCCc2cc(-c3cnn(CCCCCCCCC=O)c3)c(C(F)F)cc21.CC(C)C.CNCC(=O)N1CCC(O)C1.Cc1ncsc1-c1ccc([C@H](C)NC=O)cc1. The second-order valence-electron chi connectivity index (χ2n) is 19.7. The summed E-state index contributed by atoms with van der Waals surface area (Å²) in [7, 11) is 5.65. The largest absolute Gasteiger partial charge is 0.391 e. The van der Waals surface area contributed by atoms with Crippen LogP contribution >= 0.6 is 11.3 Å². The topological polar surface area (TPSA) is 153 Å². The zero-order valence-electron chi connectivity index (χ0n) is 45.1. The van der Waals surface area contributed by atoms with Crippen LogP contribution in [0.15, 0.2) is 78.1 Å². The highest BCUT2D eigenvalue weighted by atomic mass is 32.1. The van der Waals surface area contributed by atoms with Gasteiger partial charge in [-0.15, -0.1) is 11.3 Å². The molecule has 0 radical (unpaired) electrons. The molecular formula is C58H80F2N8O5S. The van der Waals surface area contributed by atoms with Gasteiger partial charge in [0.1, 0.15) is 12.6 Å². The molecule has 3 aromatic carbocycles. The van der Waals surface area contributed by atoms with E-state index in [2.05, 4.69) is 58.5 Å². The van der Waals surface area contributed by atoms with Gasteiger partial charge in [0.25, 0.3) is 6.43 Å². The van der Waals surface area contributed by atoms with Crippen molar-refractivity contribution < 1.29 is 33.1 Å². The molecule has 2 amide bonds. The van der Waals surface area contributed by atoms with Gasteiger partial charge in [0.2, 0.25) is 12.3 Å². The van der Waals surface area contributed by atoms with E-state index in [0.717, 1.165) is 129 Å². The normalized spacial score (nSPS) is 14.5. The van der Waals surface area contributed by atoms with E-state index in [1.807, 2.05) is 91.7 Å². The summed E-state index contributed by atoms with van der Waals surface area (Å²) in [5.74, 6) is 0.907. The van der Waals surface area contributed by atoms with Crippen molar-refractivity contribution in [1.29, 1.82) is 0 Å². The standard InChI is InChI=1S/C34H42F2N4O2.C13H14N2OS.C7H14N2O2.C4H10/c1-25(24-42)19-30-31(38(2)3)14-11-15-32(30)40-17-12-13-26-20-28(29(34(35)36)21-33(26)40)27-22-37-39(23-27)16-9-7-5-4-6-8-10-18-41;1-9(14-7-16)11-3-5-12(6-4-11)13-10(2)15-8-17-13;1-8-4-7(11)9-3-2-6(10)5-9;1-4(2)3/h11,14-15,18-24,34H,4-10,12-13,16-17H2,1-3H3;3-9H,1-2H3,(H,14,16);6,8,10H,2-5H2,1H3;4H,1-3H3/b25-19-;;;/t;9-;;/m.0../s1. The fraction of sp³-hybridized carbons (Fsp3) is 0.483. The third kappa shape index (κ3) is 18.7. The number of anilines is 3. The number of nitrogens with zero attached hydrogens (tertiary/aromatic N) is 6. The van der Waals surface area contributed by atoms with Crippen molar-refractivity contribution in [1.82, 2.24) is 30.3 Å². The summed E-state index contributed by atoms with van der Waals surface area (Å²) < 4.78 is 31.0. The first-order valence-corrected chi connectivity index (χ1v) is 26.8. The van der Waals surface area contributed by atoms with Gasteiger partial charge in [-0.1, -0.05) is 76.8 Å². The molecule has 4 heterocycles. The van der Waals surface area contributed by atoms with Crippen LogP contribution in [0, 0.1) is 12.8 Å². The number of rotatable bonds is 21. The van der Waals surface area contributed by atoms with E-state index >= 15 is 0 Å². The molecule has 1 fully saturated rings. The second-order valence-corrected chi connectivity index (χ2v) is 20.6. The summed E-state index contributed by atoms with van der Waals surface area (Å²) in [4.78, 5) is 54.7. The van der Waals surface area contributed by atoms with E-state index in [9.17, 15) is 28.0 Å². The van der Waals surface area contributed by atoms with E-state index in [1.54, 1.807) is 42.5 Å². The summed E-state index contributed by atoms with van der Waals surface area (Å²) in [5.41, 5.74) is 11.6. The van der Waals surface area contributed by atoms with Crippen LogP contribution in [0.5, 0.6) is 0 Å². The molecule has 3 N–H and O–H groups in total. The molecule has 2 atom stereocenters. The number of alkyl halides is 2. The van der Waals surface area contributed by atoms with E-state index in [4.69, 9.17) is 5.11 Å². The van der Waals surface area contributed by atoms with Crippen LogP contribution in [0.1, 0.15) is 133 Å². The van der Waals surface area contributed by atoms with Crippen molar-refractivity contribution in [3.8, 4) is 21.6 Å². The summed E-state index contributed by atoms with van der Waals surface area (Å²) >= 11 is 1.64. The van der Waals surface area contributed by atoms with Gasteiger partial charge in [0, 0.05) is 81.0 Å². The fourth-order valence-corrected chi connectivity index (χ4v) is 9.48. The van der Waals surface area contributed by atoms with Crippen molar-refractivity contribution in [3.05, 3.63) is 106 Å². The molecule has 2 aliphatic rings. The number of hydrogen-bond acceptors (Lipinski definition) is 11. The number of β-amino-alcohol motifs (C(OH)–C–C–N with tert-alkyl or cyclic N) is 1. The number of benzene rings is 3. The average Bonchev–Trinajstić information content (AvgIpc) is 4.16. The van der Waals surface area contributed by atoms with E-state index in [1.165, 1.54) is 10.4 Å². The lowest BCUT2D eigenvalue weighted by molar-refractivity contribution is -0.129. The van der Waals surface area contributed by atoms with Crippen molar-refractivity contribution in [2.75, 3.05) is 57.1 Å². The van der Waals surface area contributed by atoms with Crippen molar-refractivity contribution in [3.63, 3.8) is 0 Å². The molecule has 2 aliphatic heterocycles. The summed E-state index contributed by atoms with van der Waals surface area (Å²) in [6.45, 7) is 15.2. The molecule has 2 aromatic heterocycles. The minimum absolute atomic E-state index is 0.000419. The van der Waals surface area contributed by atoms with Gasteiger partial charge in [-0.2, -0.15) is 5.10 Å². The minimum Gasteiger partial charge on any atom is -0.391 e. The molecule has 402 valence electrons. The summed E-state index contributed by atoms with van der Waals surface area (Å²) in [6, 6.07) is 17.8. The fourth-order valence-electron chi connectivity index (χ4n) is 8.67. The lowest BCUT2D eigenvalue weighted by atomic mass is 9.92. The zero-order valence-corrected chi connectivity index (χ0v) is 45.9. The summed E-state index contributed by atoms with van der Waals surface area (Å²) in [6.07, 6.45) is 14.4. The van der Waals surface area contributed by atoms with Crippen LogP contribution in [-0.4, -0.2) is 103 Å². The van der Waals surface area contributed by atoms with Crippen LogP contribution in [0.25, 0.3) is 27.6 Å². The highest BCUT2D eigenvalue weighted by Crippen LogP contribution is 2.44. The first kappa shape index (κ1) is 60.5. The van der Waals surface area contributed by atoms with E-state index < -0.39 is 6.43 Å². The van der Waals surface area contributed by atoms with Gasteiger partial charge < -0.3 is 35.2 Å². The van der Waals surface area contributed by atoms with Gasteiger partial charge in [0.15, 0.2) is 0 Å². The molecule has 0 aliphatic carbocycles. The number of halogens is 2.